The number of aryl methyl sites for hydroxylation is 1. The monoisotopic (exact) mass is 336 g/mol. The summed E-state index contributed by atoms with van der Waals surface area (Å²) in [6, 6.07) is 1.46. The molecule has 0 bridgehead atoms. The number of amides is 1. The Morgan fingerprint density at radius 1 is 1.38 bits per heavy atom. The van der Waals surface area contributed by atoms with Gasteiger partial charge in [-0.1, -0.05) is 0 Å². The van der Waals surface area contributed by atoms with Crippen molar-refractivity contribution in [2.75, 3.05) is 13.7 Å². The van der Waals surface area contributed by atoms with Crippen LogP contribution in [0, 0.1) is 24.0 Å². The van der Waals surface area contributed by atoms with Gasteiger partial charge in [0.1, 0.15) is 30.3 Å². The zero-order chi connectivity index (χ0) is 17.9. The number of hydrogen-bond donors (Lipinski definition) is 1. The van der Waals surface area contributed by atoms with Crippen LogP contribution in [0.2, 0.25) is 0 Å². The number of hydrogen-bond acceptors (Lipinski definition) is 7. The molecular formula is C13H16N6O5. The fourth-order valence-corrected chi connectivity index (χ4v) is 2.10. The Kier molecular flexibility index (Phi) is 4.92. The summed E-state index contributed by atoms with van der Waals surface area (Å²) in [6.07, 6.45) is 1.54. The van der Waals surface area contributed by atoms with Gasteiger partial charge in [-0.2, -0.15) is 10.2 Å². The minimum absolute atomic E-state index is 0.0433. The summed E-state index contributed by atoms with van der Waals surface area (Å²) in [4.78, 5) is 33.3. The Hall–Kier alpha value is -3.24. The zero-order valence-electron chi connectivity index (χ0n) is 13.3. The molecule has 0 spiro atoms. The molecule has 1 N–H and O–H groups in total. The highest BCUT2D eigenvalue weighted by Crippen LogP contribution is 2.21. The second-order valence-corrected chi connectivity index (χ2v) is 4.92. The zero-order valence-corrected chi connectivity index (χ0v) is 13.3. The minimum atomic E-state index is -0.572. The number of aromatic nitrogens is 4. The van der Waals surface area contributed by atoms with Gasteiger partial charge >= 0.3 is 11.7 Å². The Morgan fingerprint density at radius 3 is 2.67 bits per heavy atom. The molecule has 11 nitrogen and oxygen atoms in total. The summed E-state index contributed by atoms with van der Waals surface area (Å²) in [5.41, 5.74) is 0.763. The van der Waals surface area contributed by atoms with E-state index in [2.05, 4.69) is 20.3 Å². The molecule has 2 aromatic heterocycles. The number of ether oxygens (including phenoxy) is 1. The first-order valence-electron chi connectivity index (χ1n) is 6.90. The second kappa shape index (κ2) is 6.89. The Bertz CT molecular complexity index is 793. The van der Waals surface area contributed by atoms with Crippen molar-refractivity contribution in [1.82, 2.24) is 24.9 Å². The molecule has 0 saturated heterocycles. The molecular weight excluding hydrogens is 320 g/mol. The quantitative estimate of drug-likeness (QED) is 0.446. The molecule has 128 valence electrons. The Labute approximate surface area is 136 Å². The number of methoxy groups -OCH3 is 1. The van der Waals surface area contributed by atoms with Gasteiger partial charge in [0.25, 0.3) is 5.91 Å². The van der Waals surface area contributed by atoms with Crippen LogP contribution in [-0.4, -0.2) is 50.0 Å². The molecule has 0 radical (unpaired) electrons. The van der Waals surface area contributed by atoms with Gasteiger partial charge < -0.3 is 10.1 Å². The van der Waals surface area contributed by atoms with Crippen LogP contribution in [-0.2, 0) is 16.2 Å². The number of carbonyl (C=O) groups is 2. The summed E-state index contributed by atoms with van der Waals surface area (Å²) in [5.74, 6) is -1.10. The fraction of sp³-hybridized carbons (Fsp3) is 0.385. The fourth-order valence-electron chi connectivity index (χ4n) is 2.10. The summed E-state index contributed by atoms with van der Waals surface area (Å²) in [6.45, 7) is 3.00. The summed E-state index contributed by atoms with van der Waals surface area (Å²) in [5, 5.41) is 21.5. The van der Waals surface area contributed by atoms with Crippen molar-refractivity contribution < 1.29 is 19.2 Å². The van der Waals surface area contributed by atoms with E-state index in [-0.39, 0.29) is 24.6 Å². The molecule has 0 aliphatic carbocycles. The molecule has 0 aliphatic rings. The van der Waals surface area contributed by atoms with Crippen molar-refractivity contribution in [3.8, 4) is 0 Å². The predicted molar refractivity (Wildman–Crippen MR) is 80.3 cm³/mol. The highest BCUT2D eigenvalue weighted by Gasteiger charge is 2.22. The third-order valence-corrected chi connectivity index (χ3v) is 3.30. The number of rotatable bonds is 6. The molecule has 1 amide bonds. The average molecular weight is 336 g/mol. The number of esters is 1. The van der Waals surface area contributed by atoms with E-state index in [0.717, 1.165) is 0 Å². The summed E-state index contributed by atoms with van der Waals surface area (Å²) < 4.78 is 7.26. The standard InChI is InChI=1S/C13H16N6O5/c1-8-12(19(22)23)9(2)18(15-8)7-17-5-4-10(16-17)13(21)14-6-11(20)24-3/h4-5H,6-7H2,1-3H3,(H,14,21). The minimum Gasteiger partial charge on any atom is -0.468 e. The second-order valence-electron chi connectivity index (χ2n) is 4.92. The van der Waals surface area contributed by atoms with E-state index in [4.69, 9.17) is 0 Å². The van der Waals surface area contributed by atoms with Crippen LogP contribution in [0.4, 0.5) is 5.69 Å². The first-order chi connectivity index (χ1) is 11.3. The predicted octanol–water partition coefficient (Wildman–Crippen LogP) is 0.0132. The number of carbonyl (C=O) groups excluding carboxylic acids is 2. The van der Waals surface area contributed by atoms with Crippen molar-refractivity contribution in [2.45, 2.75) is 20.5 Å². The van der Waals surface area contributed by atoms with Gasteiger partial charge in [-0.05, 0) is 19.9 Å². The molecule has 0 aliphatic heterocycles. The van der Waals surface area contributed by atoms with Crippen molar-refractivity contribution in [3.63, 3.8) is 0 Å². The molecule has 0 unspecified atom stereocenters. The van der Waals surface area contributed by atoms with Gasteiger partial charge in [0.2, 0.25) is 0 Å². The van der Waals surface area contributed by atoms with Crippen LogP contribution in [0.1, 0.15) is 21.9 Å². The van der Waals surface area contributed by atoms with Gasteiger partial charge in [-0.15, -0.1) is 0 Å². The van der Waals surface area contributed by atoms with Crippen molar-refractivity contribution >= 4 is 17.6 Å². The van der Waals surface area contributed by atoms with Crippen LogP contribution < -0.4 is 5.32 Å². The molecule has 0 fully saturated rings. The molecule has 24 heavy (non-hydrogen) atoms. The van der Waals surface area contributed by atoms with Crippen LogP contribution in [0.3, 0.4) is 0 Å². The maximum Gasteiger partial charge on any atom is 0.325 e. The molecule has 11 heteroatoms. The Morgan fingerprint density at radius 2 is 2.08 bits per heavy atom. The molecule has 2 heterocycles. The van der Waals surface area contributed by atoms with E-state index in [0.29, 0.717) is 11.4 Å². The lowest BCUT2D eigenvalue weighted by Gasteiger charge is -2.04. The summed E-state index contributed by atoms with van der Waals surface area (Å²) >= 11 is 0. The van der Waals surface area contributed by atoms with E-state index in [1.807, 2.05) is 0 Å². The largest absolute Gasteiger partial charge is 0.468 e. The van der Waals surface area contributed by atoms with E-state index in [1.54, 1.807) is 13.8 Å². The van der Waals surface area contributed by atoms with Gasteiger partial charge in [0.05, 0.1) is 12.0 Å². The van der Waals surface area contributed by atoms with Crippen molar-refractivity contribution in [1.29, 1.82) is 0 Å². The normalized spacial score (nSPS) is 10.5. The van der Waals surface area contributed by atoms with Gasteiger partial charge in [0.15, 0.2) is 0 Å². The highest BCUT2D eigenvalue weighted by atomic mass is 16.6. The lowest BCUT2D eigenvalue weighted by atomic mass is 10.3. The average Bonchev–Trinajstić information content (AvgIpc) is 3.10. The molecule has 2 rings (SSSR count). The topological polar surface area (TPSA) is 134 Å². The van der Waals surface area contributed by atoms with E-state index < -0.39 is 16.8 Å². The van der Waals surface area contributed by atoms with Gasteiger partial charge in [0, 0.05) is 6.20 Å². The van der Waals surface area contributed by atoms with Crippen LogP contribution in [0.15, 0.2) is 12.3 Å². The van der Waals surface area contributed by atoms with Crippen LogP contribution in [0.5, 0.6) is 0 Å². The van der Waals surface area contributed by atoms with E-state index >= 15 is 0 Å². The lowest BCUT2D eigenvalue weighted by Crippen LogP contribution is -2.30. The van der Waals surface area contributed by atoms with Gasteiger partial charge in [-0.3, -0.25) is 24.4 Å². The summed E-state index contributed by atoms with van der Waals surface area (Å²) in [7, 11) is 1.22. The molecule has 2 aromatic rings. The molecule has 0 saturated carbocycles. The van der Waals surface area contributed by atoms with E-state index in [9.17, 15) is 19.7 Å². The number of nitro groups is 1. The third-order valence-electron chi connectivity index (χ3n) is 3.30. The first kappa shape index (κ1) is 17.1. The van der Waals surface area contributed by atoms with E-state index in [1.165, 1.54) is 28.7 Å². The molecule has 0 aromatic carbocycles. The van der Waals surface area contributed by atoms with Gasteiger partial charge in [-0.25, -0.2) is 4.68 Å². The van der Waals surface area contributed by atoms with Crippen LogP contribution >= 0.6 is 0 Å². The Balaban J connectivity index is 2.09. The maximum atomic E-state index is 11.8. The lowest BCUT2D eigenvalue weighted by molar-refractivity contribution is -0.386. The third kappa shape index (κ3) is 3.56. The highest BCUT2D eigenvalue weighted by molar-refractivity contribution is 5.94. The smallest absolute Gasteiger partial charge is 0.325 e. The first-order valence-corrected chi connectivity index (χ1v) is 6.90. The number of nitrogens with zero attached hydrogens (tertiary/aromatic N) is 5. The number of nitrogens with one attached hydrogen (secondary N) is 1. The molecule has 0 atom stereocenters. The van der Waals surface area contributed by atoms with Crippen molar-refractivity contribution in [2.24, 2.45) is 0 Å². The van der Waals surface area contributed by atoms with Crippen molar-refractivity contribution in [3.05, 3.63) is 39.5 Å². The maximum absolute atomic E-state index is 11.8. The SMILES string of the molecule is COC(=O)CNC(=O)c1ccn(Cn2nc(C)c([N+](=O)[O-])c2C)n1. The van der Waals surface area contributed by atoms with Crippen LogP contribution in [0.25, 0.3) is 0 Å².